The molecule has 4 nitrogen and oxygen atoms in total. The quantitative estimate of drug-likeness (QED) is 0.420. The van der Waals surface area contributed by atoms with Crippen molar-refractivity contribution in [3.63, 3.8) is 0 Å². The topological polar surface area (TPSA) is 36.3 Å². The van der Waals surface area contributed by atoms with Crippen molar-refractivity contribution in [1.82, 2.24) is 9.55 Å². The van der Waals surface area contributed by atoms with E-state index in [2.05, 4.69) is 49.2 Å². The van der Waals surface area contributed by atoms with Crippen LogP contribution in [0.5, 0.6) is 0 Å². The largest absolute Gasteiger partial charge is 0.345 e. The van der Waals surface area contributed by atoms with Crippen molar-refractivity contribution in [3.05, 3.63) is 82.9 Å². The van der Waals surface area contributed by atoms with Gasteiger partial charge in [-0.3, -0.25) is 0 Å². The van der Waals surface area contributed by atoms with Crippen LogP contribution in [0.3, 0.4) is 0 Å². The minimum absolute atomic E-state index is 0.0589. The summed E-state index contributed by atoms with van der Waals surface area (Å²) in [5.74, 6) is 0.226. The lowest BCUT2D eigenvalue weighted by atomic mass is 10.0. The molecule has 2 heterocycles. The van der Waals surface area contributed by atoms with Crippen LogP contribution in [0, 0.1) is 13.8 Å². The number of aryl methyl sites for hydroxylation is 3. The Bertz CT molecular complexity index is 962. The lowest BCUT2D eigenvalue weighted by molar-refractivity contribution is -0.180. The number of hydrogen-bond acceptors (Lipinski definition) is 4. The van der Waals surface area contributed by atoms with Gasteiger partial charge in [-0.15, -0.1) is 11.8 Å². The van der Waals surface area contributed by atoms with Gasteiger partial charge in [-0.05, 0) is 49.6 Å². The summed E-state index contributed by atoms with van der Waals surface area (Å²) in [5.41, 5.74) is 3.81. The summed E-state index contributed by atoms with van der Waals surface area (Å²) in [6, 6.07) is 14.6. The van der Waals surface area contributed by atoms with E-state index in [1.807, 2.05) is 41.0 Å². The van der Waals surface area contributed by atoms with Gasteiger partial charge in [0.05, 0.1) is 25.6 Å². The average molecular weight is 443 g/mol. The Kier molecular flexibility index (Phi) is 6.84. The van der Waals surface area contributed by atoms with Gasteiger partial charge in [-0.25, -0.2) is 4.98 Å². The first-order valence-electron chi connectivity index (χ1n) is 10.2. The van der Waals surface area contributed by atoms with Crippen molar-refractivity contribution in [3.8, 4) is 0 Å². The highest BCUT2D eigenvalue weighted by atomic mass is 35.5. The summed E-state index contributed by atoms with van der Waals surface area (Å²) in [7, 11) is 0. The van der Waals surface area contributed by atoms with Gasteiger partial charge in [0.25, 0.3) is 0 Å². The second kappa shape index (κ2) is 9.56. The van der Waals surface area contributed by atoms with Gasteiger partial charge in [-0.1, -0.05) is 41.4 Å². The maximum absolute atomic E-state index is 6.54. The fourth-order valence-corrected chi connectivity index (χ4v) is 4.90. The zero-order chi connectivity index (χ0) is 21.0. The molecule has 0 spiro atoms. The molecule has 6 heteroatoms. The van der Waals surface area contributed by atoms with Crippen molar-refractivity contribution < 1.29 is 9.47 Å². The molecular weight excluding hydrogens is 416 g/mol. The lowest BCUT2D eigenvalue weighted by Crippen LogP contribution is -2.37. The summed E-state index contributed by atoms with van der Waals surface area (Å²) in [6.45, 7) is 5.52. The third-order valence-electron chi connectivity index (χ3n) is 5.37. The second-order valence-corrected chi connectivity index (χ2v) is 9.40. The molecule has 0 bridgehead atoms. The highest BCUT2D eigenvalue weighted by molar-refractivity contribution is 7.99. The van der Waals surface area contributed by atoms with Crippen LogP contribution in [-0.2, 0) is 22.4 Å². The summed E-state index contributed by atoms with van der Waals surface area (Å²) >= 11 is 7.87. The first kappa shape index (κ1) is 21.4. The summed E-state index contributed by atoms with van der Waals surface area (Å²) < 4.78 is 14.9. The minimum atomic E-state index is -0.646. The molecule has 2 aromatic carbocycles. The van der Waals surface area contributed by atoms with Crippen LogP contribution < -0.4 is 0 Å². The van der Waals surface area contributed by atoms with E-state index in [0.29, 0.717) is 13.2 Å². The zero-order valence-electron chi connectivity index (χ0n) is 17.4. The SMILES string of the molecule is Cc1ccc(C)c(SCC2COC(CCc3ccc(Cl)cc3)(Cn3ccnc3)O2)c1. The van der Waals surface area contributed by atoms with Crippen molar-refractivity contribution in [2.45, 2.75) is 50.0 Å². The fourth-order valence-electron chi connectivity index (χ4n) is 3.68. The molecule has 0 amide bonds. The van der Waals surface area contributed by atoms with Gasteiger partial charge in [0.2, 0.25) is 0 Å². The monoisotopic (exact) mass is 442 g/mol. The van der Waals surface area contributed by atoms with Gasteiger partial charge < -0.3 is 14.0 Å². The van der Waals surface area contributed by atoms with Crippen molar-refractivity contribution in [2.24, 2.45) is 0 Å². The Morgan fingerprint density at radius 2 is 2.03 bits per heavy atom. The van der Waals surface area contributed by atoms with E-state index in [1.54, 1.807) is 6.20 Å². The van der Waals surface area contributed by atoms with E-state index in [4.69, 9.17) is 21.1 Å². The lowest BCUT2D eigenvalue weighted by Gasteiger charge is -2.28. The van der Waals surface area contributed by atoms with Crippen molar-refractivity contribution in [1.29, 1.82) is 0 Å². The van der Waals surface area contributed by atoms with Crippen LogP contribution in [0.2, 0.25) is 5.02 Å². The molecule has 2 unspecified atom stereocenters. The number of imidazole rings is 1. The maximum atomic E-state index is 6.54. The van der Waals surface area contributed by atoms with Gasteiger partial charge in [0.1, 0.15) is 0 Å². The standard InChI is InChI=1S/C24H27ClN2O2S/c1-18-3-4-19(2)23(13-18)30-15-22-14-28-24(29-22,16-27-12-11-26-17-27)10-9-20-5-7-21(25)8-6-20/h3-8,11-13,17,22H,9-10,14-16H2,1-2H3. The Balaban J connectivity index is 1.42. The molecule has 158 valence electrons. The number of halogens is 1. The number of ether oxygens (including phenoxy) is 2. The molecule has 2 atom stereocenters. The van der Waals surface area contributed by atoms with Gasteiger partial charge in [-0.2, -0.15) is 0 Å². The van der Waals surface area contributed by atoms with Crippen LogP contribution in [0.4, 0.5) is 0 Å². The van der Waals surface area contributed by atoms with E-state index < -0.39 is 5.79 Å². The fraction of sp³-hybridized carbons (Fsp3) is 0.375. The second-order valence-electron chi connectivity index (χ2n) is 7.90. The van der Waals surface area contributed by atoms with E-state index in [0.717, 1.165) is 23.6 Å². The Labute approximate surface area is 187 Å². The minimum Gasteiger partial charge on any atom is -0.345 e. The highest BCUT2D eigenvalue weighted by Gasteiger charge is 2.41. The third-order valence-corrected chi connectivity index (χ3v) is 6.91. The molecule has 3 aromatic rings. The van der Waals surface area contributed by atoms with Gasteiger partial charge in [0.15, 0.2) is 5.79 Å². The molecule has 1 aliphatic rings. The smallest absolute Gasteiger partial charge is 0.187 e. The molecule has 0 aliphatic carbocycles. The normalized spacial score (nSPS) is 21.2. The molecule has 4 rings (SSSR count). The first-order valence-corrected chi connectivity index (χ1v) is 11.6. The number of thioether (sulfide) groups is 1. The van der Waals surface area contributed by atoms with Crippen molar-refractivity contribution in [2.75, 3.05) is 12.4 Å². The molecule has 1 aliphatic heterocycles. The highest BCUT2D eigenvalue weighted by Crippen LogP contribution is 2.34. The number of benzene rings is 2. The van der Waals surface area contributed by atoms with E-state index in [9.17, 15) is 0 Å². The maximum Gasteiger partial charge on any atom is 0.187 e. The van der Waals surface area contributed by atoms with Crippen molar-refractivity contribution >= 4 is 23.4 Å². The molecule has 0 N–H and O–H groups in total. The molecule has 1 aromatic heterocycles. The summed E-state index contributed by atoms with van der Waals surface area (Å²) in [6.07, 6.45) is 7.25. The summed E-state index contributed by atoms with van der Waals surface area (Å²) in [4.78, 5) is 5.48. The molecule has 1 saturated heterocycles. The van der Waals surface area contributed by atoms with Crippen LogP contribution in [0.1, 0.15) is 23.1 Å². The predicted molar refractivity (Wildman–Crippen MR) is 122 cm³/mol. The molecule has 30 heavy (non-hydrogen) atoms. The average Bonchev–Trinajstić information content (AvgIpc) is 3.39. The Morgan fingerprint density at radius 1 is 1.20 bits per heavy atom. The molecule has 0 radical (unpaired) electrons. The van der Waals surface area contributed by atoms with Crippen LogP contribution in [0.15, 0.2) is 66.1 Å². The van der Waals surface area contributed by atoms with E-state index in [1.165, 1.54) is 21.6 Å². The number of aromatic nitrogens is 2. The zero-order valence-corrected chi connectivity index (χ0v) is 19.0. The molecule has 1 fully saturated rings. The van der Waals surface area contributed by atoms with Crippen LogP contribution in [0.25, 0.3) is 0 Å². The molecular formula is C24H27ClN2O2S. The number of hydrogen-bond donors (Lipinski definition) is 0. The van der Waals surface area contributed by atoms with E-state index in [-0.39, 0.29) is 6.10 Å². The number of nitrogens with zero attached hydrogens (tertiary/aromatic N) is 2. The Morgan fingerprint density at radius 3 is 2.80 bits per heavy atom. The Hall–Kier alpha value is -1.79. The van der Waals surface area contributed by atoms with Gasteiger partial charge in [0, 0.05) is 34.5 Å². The first-order chi connectivity index (χ1) is 14.5. The summed E-state index contributed by atoms with van der Waals surface area (Å²) in [5, 5.41) is 0.753. The van der Waals surface area contributed by atoms with Crippen LogP contribution in [-0.4, -0.2) is 33.8 Å². The van der Waals surface area contributed by atoms with E-state index >= 15 is 0 Å². The predicted octanol–water partition coefficient (Wildman–Crippen LogP) is 5.69. The van der Waals surface area contributed by atoms with Gasteiger partial charge >= 0.3 is 0 Å². The van der Waals surface area contributed by atoms with Crippen LogP contribution >= 0.6 is 23.4 Å². The molecule has 0 saturated carbocycles. The third kappa shape index (κ3) is 5.46. The number of rotatable bonds is 8.